The van der Waals surface area contributed by atoms with Crippen LogP contribution in [0.15, 0.2) is 260 Å². The van der Waals surface area contributed by atoms with Crippen molar-refractivity contribution in [2.75, 3.05) is 0 Å². The van der Waals surface area contributed by atoms with Crippen LogP contribution in [0.25, 0.3) is 72.6 Å². The highest BCUT2D eigenvalue weighted by atomic mass is 32.2. The number of hydrogen-bond donors (Lipinski definition) is 0. The summed E-state index contributed by atoms with van der Waals surface area (Å²) in [5, 5.41) is 2.24. The molecule has 1 nitrogen and oxygen atoms in total. The van der Waals surface area contributed by atoms with Gasteiger partial charge >= 0.3 is 0 Å². The van der Waals surface area contributed by atoms with Crippen LogP contribution in [-0.4, -0.2) is 4.98 Å². The number of pyridine rings is 1. The summed E-state index contributed by atoms with van der Waals surface area (Å²) in [6.45, 7) is 4.66. The van der Waals surface area contributed by atoms with E-state index in [2.05, 4.69) is 255 Å². The van der Waals surface area contributed by atoms with Gasteiger partial charge < -0.3 is 0 Å². The van der Waals surface area contributed by atoms with Crippen molar-refractivity contribution in [1.82, 2.24) is 4.98 Å². The Morgan fingerprint density at radius 1 is 0.333 bits per heavy atom. The van der Waals surface area contributed by atoms with E-state index in [1.807, 2.05) is 11.8 Å². The second kappa shape index (κ2) is 15.4. The van der Waals surface area contributed by atoms with Gasteiger partial charge in [-0.15, -0.1) is 0 Å². The molecular formula is C67H43NS. The summed E-state index contributed by atoms with van der Waals surface area (Å²) in [7, 11) is 0. The molecule has 0 radical (unpaired) electrons. The largest absolute Gasteiger partial charge is 0.248 e. The Morgan fingerprint density at radius 2 is 0.797 bits per heavy atom. The highest BCUT2D eigenvalue weighted by Gasteiger charge is 2.59. The molecule has 2 heteroatoms. The topological polar surface area (TPSA) is 12.9 Å². The van der Waals surface area contributed by atoms with Gasteiger partial charge in [-0.25, -0.2) is 4.98 Å². The minimum Gasteiger partial charge on any atom is -0.248 e. The third-order valence-corrected chi connectivity index (χ3v) is 16.2. The molecule has 0 bridgehead atoms. The molecule has 2 spiro atoms. The van der Waals surface area contributed by atoms with Gasteiger partial charge in [0.05, 0.1) is 22.2 Å². The normalized spacial score (nSPS) is 15.7. The molecule has 1 aliphatic heterocycles. The minimum atomic E-state index is -0.650. The van der Waals surface area contributed by atoms with Crippen LogP contribution < -0.4 is 0 Å². The standard InChI is InChI=1S/C67H43NS/c1-43-18-16-17-39-69-65-50(43)36-37-53-54-40-48(49-41-62(46-21-6-3-7-22-46)68-63(42-49)47-33-31-45(32-34-47)44-19-4-2-5-20-44)35-38-57(54)67(64(53)65)60-29-14-12-27-58(60)66(59-28-13-15-30-61(59)67)55-25-10-8-23-51(55)52-24-9-11-26-56(52)66/h2-42H,1H2/b18-16-,39-17-. The number of hydrogen-bond acceptors (Lipinski definition) is 2. The van der Waals surface area contributed by atoms with Gasteiger partial charge in [0.15, 0.2) is 0 Å². The number of fused-ring (bicyclic) bond motifs is 18. The first kappa shape index (κ1) is 39.8. The van der Waals surface area contributed by atoms with E-state index in [0.29, 0.717) is 0 Å². The highest BCUT2D eigenvalue weighted by molar-refractivity contribution is 8.02. The number of allylic oxidation sites excluding steroid dienone is 4. The van der Waals surface area contributed by atoms with Crippen LogP contribution in [0.5, 0.6) is 0 Å². The molecule has 14 rings (SSSR count). The van der Waals surface area contributed by atoms with E-state index in [-0.39, 0.29) is 0 Å². The van der Waals surface area contributed by atoms with Gasteiger partial charge in [-0.05, 0) is 124 Å². The van der Waals surface area contributed by atoms with Crippen molar-refractivity contribution in [2.45, 2.75) is 15.7 Å². The first-order valence-electron chi connectivity index (χ1n) is 23.8. The molecule has 322 valence electrons. The van der Waals surface area contributed by atoms with Gasteiger partial charge in [0.2, 0.25) is 0 Å². The Bertz CT molecular complexity index is 3720. The van der Waals surface area contributed by atoms with Crippen LogP contribution in [0.1, 0.15) is 50.1 Å². The van der Waals surface area contributed by atoms with E-state index in [1.165, 1.54) is 88.3 Å². The van der Waals surface area contributed by atoms with Gasteiger partial charge in [0.25, 0.3) is 0 Å². The molecule has 3 aliphatic carbocycles. The summed E-state index contributed by atoms with van der Waals surface area (Å²) in [5.74, 6) is 0. The van der Waals surface area contributed by atoms with Gasteiger partial charge in [0.1, 0.15) is 0 Å². The van der Waals surface area contributed by atoms with Crippen molar-refractivity contribution >= 4 is 17.3 Å². The summed E-state index contributed by atoms with van der Waals surface area (Å²) in [6.07, 6.45) is 6.41. The van der Waals surface area contributed by atoms with Gasteiger partial charge in [0, 0.05) is 16.0 Å². The van der Waals surface area contributed by atoms with Crippen LogP contribution in [-0.2, 0) is 10.8 Å². The lowest BCUT2D eigenvalue weighted by atomic mass is 9.52. The molecule has 9 aromatic carbocycles. The fourth-order valence-corrected chi connectivity index (χ4v) is 13.4. The van der Waals surface area contributed by atoms with Crippen molar-refractivity contribution in [3.05, 3.63) is 305 Å². The molecule has 2 heterocycles. The minimum absolute atomic E-state index is 0.516. The Hall–Kier alpha value is -8.30. The second-order valence-electron chi connectivity index (χ2n) is 18.6. The Kier molecular flexibility index (Phi) is 8.87. The fraction of sp³-hybridized carbons (Fsp3) is 0.0299. The fourth-order valence-electron chi connectivity index (χ4n) is 12.4. The Labute approximate surface area is 407 Å². The van der Waals surface area contributed by atoms with Crippen molar-refractivity contribution in [1.29, 1.82) is 0 Å². The smallest absolute Gasteiger partial charge is 0.0731 e. The maximum atomic E-state index is 5.34. The Balaban J connectivity index is 1.04. The zero-order valence-corrected chi connectivity index (χ0v) is 38.6. The third kappa shape index (κ3) is 5.64. The predicted molar refractivity (Wildman–Crippen MR) is 287 cm³/mol. The predicted octanol–water partition coefficient (Wildman–Crippen LogP) is 17.0. The summed E-state index contributed by atoms with van der Waals surface area (Å²) >= 11 is 1.82. The summed E-state index contributed by atoms with van der Waals surface area (Å²) in [4.78, 5) is 6.59. The van der Waals surface area contributed by atoms with Crippen molar-refractivity contribution in [3.63, 3.8) is 0 Å². The number of nitrogens with zero attached hydrogens (tertiary/aromatic N) is 1. The second-order valence-corrected chi connectivity index (χ2v) is 19.5. The average Bonchev–Trinajstić information content (AvgIpc) is 3.88. The van der Waals surface area contributed by atoms with E-state index in [0.717, 1.165) is 39.2 Å². The van der Waals surface area contributed by atoms with Gasteiger partial charge in [-0.3, -0.25) is 0 Å². The molecule has 0 fully saturated rings. The van der Waals surface area contributed by atoms with Gasteiger partial charge in [-0.2, -0.15) is 0 Å². The maximum Gasteiger partial charge on any atom is 0.0731 e. The molecule has 69 heavy (non-hydrogen) atoms. The van der Waals surface area contributed by atoms with Crippen molar-refractivity contribution < 1.29 is 0 Å². The number of benzene rings is 9. The van der Waals surface area contributed by atoms with E-state index >= 15 is 0 Å². The van der Waals surface area contributed by atoms with Crippen molar-refractivity contribution in [2.24, 2.45) is 0 Å². The van der Waals surface area contributed by atoms with Crippen LogP contribution in [0.2, 0.25) is 0 Å². The molecule has 0 saturated heterocycles. The third-order valence-electron chi connectivity index (χ3n) is 15.2. The summed E-state index contributed by atoms with van der Waals surface area (Å²) < 4.78 is 0. The van der Waals surface area contributed by atoms with Crippen molar-refractivity contribution in [3.8, 4) is 67.0 Å². The lowest BCUT2D eigenvalue weighted by molar-refractivity contribution is 0.626. The monoisotopic (exact) mass is 893 g/mol. The molecule has 0 saturated carbocycles. The SMILES string of the molecule is C=C1/C=C\C=C/Sc2c1ccc1c2C2(c3ccc(-c4cc(-c5ccccc5)nc(-c5ccc(-c6ccccc6)cc5)c4)cc3-1)c1ccccc1C1(c3ccccc3-c3ccccc31)c1ccccc12. The average molecular weight is 894 g/mol. The van der Waals surface area contributed by atoms with Crippen LogP contribution >= 0.6 is 11.8 Å². The first-order chi connectivity index (χ1) is 34.1. The van der Waals surface area contributed by atoms with Crippen LogP contribution in [0, 0.1) is 0 Å². The molecule has 4 aliphatic rings. The molecule has 10 aromatic rings. The molecule has 1 aromatic heterocycles. The lowest BCUT2D eigenvalue weighted by Crippen LogP contribution is -2.44. The van der Waals surface area contributed by atoms with E-state index in [1.54, 1.807) is 0 Å². The summed E-state index contributed by atoms with van der Waals surface area (Å²) in [5.41, 5.74) is 25.4. The Morgan fingerprint density at radius 3 is 1.42 bits per heavy atom. The molecule has 0 atom stereocenters. The highest BCUT2D eigenvalue weighted by Crippen LogP contribution is 2.69. The zero-order chi connectivity index (χ0) is 45.7. The lowest BCUT2D eigenvalue weighted by Gasteiger charge is -2.49. The maximum absolute atomic E-state index is 5.34. The first-order valence-corrected chi connectivity index (χ1v) is 24.7. The quantitative estimate of drug-likeness (QED) is 0.175. The van der Waals surface area contributed by atoms with E-state index in [4.69, 9.17) is 4.98 Å². The van der Waals surface area contributed by atoms with Crippen LogP contribution in [0.4, 0.5) is 0 Å². The molecular weight excluding hydrogens is 851 g/mol. The molecule has 0 N–H and O–H groups in total. The van der Waals surface area contributed by atoms with E-state index < -0.39 is 10.8 Å². The number of thioether (sulfide) groups is 1. The zero-order valence-electron chi connectivity index (χ0n) is 37.7. The van der Waals surface area contributed by atoms with Gasteiger partial charge in [-0.1, -0.05) is 243 Å². The summed E-state index contributed by atoms with van der Waals surface area (Å²) in [6, 6.07) is 83.5. The molecule has 0 unspecified atom stereocenters. The van der Waals surface area contributed by atoms with Crippen LogP contribution in [0.3, 0.4) is 0 Å². The number of rotatable bonds is 4. The molecule has 0 amide bonds. The van der Waals surface area contributed by atoms with E-state index in [9.17, 15) is 0 Å². The number of aromatic nitrogens is 1.